The van der Waals surface area contributed by atoms with Gasteiger partial charge < -0.3 is 18.9 Å². The lowest BCUT2D eigenvalue weighted by atomic mass is 9.90. The average Bonchev–Trinajstić information content (AvgIpc) is 2.63. The maximum absolute atomic E-state index is 11.2. The second kappa shape index (κ2) is 8.85. The van der Waals surface area contributed by atoms with Crippen LogP contribution in [0.25, 0.3) is 0 Å². The van der Waals surface area contributed by atoms with Gasteiger partial charge in [0.2, 0.25) is 0 Å². The van der Waals surface area contributed by atoms with Crippen molar-refractivity contribution < 1.29 is 18.8 Å². The van der Waals surface area contributed by atoms with E-state index in [1.54, 1.807) is 0 Å². The van der Waals surface area contributed by atoms with E-state index in [2.05, 4.69) is 45.7 Å². The van der Waals surface area contributed by atoms with Crippen LogP contribution in [0, 0.1) is 0 Å². The van der Waals surface area contributed by atoms with E-state index in [1.165, 1.54) is 0 Å². The van der Waals surface area contributed by atoms with Gasteiger partial charge >= 0.3 is 13.1 Å². The van der Waals surface area contributed by atoms with Crippen LogP contribution in [0.2, 0.25) is 0 Å². The zero-order valence-electron chi connectivity index (χ0n) is 15.6. The molecule has 0 bridgehead atoms. The molecule has 0 radical (unpaired) electrons. The molecule has 0 N–H and O–H groups in total. The quantitative estimate of drug-likeness (QED) is 0.371. The topological polar surface area (TPSA) is 48.0 Å². The molecule has 0 aromatic heterocycles. The van der Waals surface area contributed by atoms with E-state index in [0.717, 1.165) is 25.9 Å². The number of ether oxygens (including phenoxy) is 1. The number of carbonyl (C=O) groups is 1. The van der Waals surface area contributed by atoms with Crippen LogP contribution in [0.5, 0.6) is 0 Å². The molecule has 1 fully saturated rings. The van der Waals surface area contributed by atoms with Gasteiger partial charge in [-0.05, 0) is 61.1 Å². The molecule has 1 saturated heterocycles. The van der Waals surface area contributed by atoms with E-state index in [0.29, 0.717) is 13.0 Å². The lowest BCUT2D eigenvalue weighted by Crippen LogP contribution is -2.41. The third-order valence-electron chi connectivity index (χ3n) is 4.46. The molecule has 0 amide bonds. The molecule has 0 aromatic rings. The summed E-state index contributed by atoms with van der Waals surface area (Å²) in [6.45, 7) is 12.3. The molecule has 0 saturated carbocycles. The molecular formula is C17H32BNO4. The van der Waals surface area contributed by atoms with Crippen molar-refractivity contribution in [3.63, 3.8) is 0 Å². The van der Waals surface area contributed by atoms with Gasteiger partial charge in [-0.15, -0.1) is 0 Å². The Morgan fingerprint density at radius 1 is 1.17 bits per heavy atom. The molecule has 0 spiro atoms. The Hall–Kier alpha value is -0.845. The van der Waals surface area contributed by atoms with Crippen molar-refractivity contribution in [3.05, 3.63) is 12.1 Å². The summed E-state index contributed by atoms with van der Waals surface area (Å²) >= 11 is 0. The summed E-state index contributed by atoms with van der Waals surface area (Å²) < 4.78 is 16.7. The fraction of sp³-hybridized carbons (Fsp3) is 0.824. The first-order valence-electron chi connectivity index (χ1n) is 8.54. The molecule has 23 heavy (non-hydrogen) atoms. The normalized spacial score (nSPS) is 19.7. The number of hydrogen-bond donors (Lipinski definition) is 0. The van der Waals surface area contributed by atoms with Crippen LogP contribution in [0.4, 0.5) is 0 Å². The highest BCUT2D eigenvalue weighted by Crippen LogP contribution is 2.36. The van der Waals surface area contributed by atoms with E-state index >= 15 is 0 Å². The summed E-state index contributed by atoms with van der Waals surface area (Å²) in [6.07, 6.45) is 4.43. The molecular weight excluding hydrogens is 293 g/mol. The van der Waals surface area contributed by atoms with Crippen LogP contribution in [-0.2, 0) is 18.8 Å². The Balaban J connectivity index is 2.19. The Bertz CT molecular complexity index is 393. The van der Waals surface area contributed by atoms with E-state index < -0.39 is 0 Å². The lowest BCUT2D eigenvalue weighted by molar-refractivity contribution is -0.143. The van der Waals surface area contributed by atoms with Crippen molar-refractivity contribution in [1.82, 2.24) is 4.90 Å². The van der Waals surface area contributed by atoms with Crippen molar-refractivity contribution in [2.45, 2.75) is 65.1 Å². The average molecular weight is 325 g/mol. The van der Waals surface area contributed by atoms with Crippen molar-refractivity contribution in [3.8, 4) is 0 Å². The first-order chi connectivity index (χ1) is 10.7. The number of rotatable bonds is 9. The fourth-order valence-electron chi connectivity index (χ4n) is 2.29. The number of esters is 1. The predicted molar refractivity (Wildman–Crippen MR) is 93.2 cm³/mol. The zero-order valence-corrected chi connectivity index (χ0v) is 15.6. The highest BCUT2D eigenvalue weighted by atomic mass is 16.7. The Labute approximate surface area is 141 Å². The van der Waals surface area contributed by atoms with Crippen molar-refractivity contribution in [2.24, 2.45) is 0 Å². The summed E-state index contributed by atoms with van der Waals surface area (Å²) in [6, 6.07) is 0. The van der Waals surface area contributed by atoms with Gasteiger partial charge in [0.05, 0.1) is 17.8 Å². The fourth-order valence-corrected chi connectivity index (χ4v) is 2.29. The van der Waals surface area contributed by atoms with Gasteiger partial charge in [-0.3, -0.25) is 4.79 Å². The third-order valence-corrected chi connectivity index (χ3v) is 4.46. The first kappa shape index (κ1) is 20.2. The molecule has 1 aliphatic heterocycles. The Kier molecular flexibility index (Phi) is 7.78. The molecule has 6 heteroatoms. The van der Waals surface area contributed by atoms with Gasteiger partial charge in [-0.25, -0.2) is 0 Å². The molecule has 0 aliphatic carbocycles. The van der Waals surface area contributed by atoms with Crippen LogP contribution >= 0.6 is 0 Å². The summed E-state index contributed by atoms with van der Waals surface area (Å²) in [5, 5.41) is 0. The number of likely N-dealkylation sites (N-methyl/N-ethyl adjacent to an activating group) is 1. The number of hydrogen-bond acceptors (Lipinski definition) is 5. The van der Waals surface area contributed by atoms with Gasteiger partial charge in [0, 0.05) is 13.0 Å². The van der Waals surface area contributed by atoms with Crippen LogP contribution in [0.3, 0.4) is 0 Å². The third kappa shape index (κ3) is 6.65. The minimum absolute atomic E-state index is 0.101. The number of unbranched alkanes of at least 4 members (excludes halogenated alkanes) is 1. The van der Waals surface area contributed by atoms with E-state index in [1.807, 2.05) is 12.9 Å². The zero-order chi connectivity index (χ0) is 17.5. The number of nitrogens with zero attached hydrogens (tertiary/aromatic N) is 1. The SMILES string of the molecule is CCOC(=O)CCCCN(C)C/C=C/B1OC(C)(C)C(C)(C)O1. The minimum Gasteiger partial charge on any atom is -0.466 e. The van der Waals surface area contributed by atoms with Crippen LogP contribution < -0.4 is 0 Å². The molecule has 5 nitrogen and oxygen atoms in total. The van der Waals surface area contributed by atoms with Gasteiger partial charge in [-0.2, -0.15) is 0 Å². The van der Waals surface area contributed by atoms with Crippen LogP contribution in [-0.4, -0.2) is 55.9 Å². The largest absolute Gasteiger partial charge is 0.486 e. The predicted octanol–water partition coefficient (Wildman–Crippen LogP) is 2.84. The maximum Gasteiger partial charge on any atom is 0.486 e. The molecule has 132 valence electrons. The summed E-state index contributed by atoms with van der Waals surface area (Å²) in [7, 11) is 1.79. The van der Waals surface area contributed by atoms with Crippen molar-refractivity contribution in [2.75, 3.05) is 26.7 Å². The molecule has 0 aromatic carbocycles. The second-order valence-electron chi connectivity index (χ2n) is 7.08. The van der Waals surface area contributed by atoms with Crippen LogP contribution in [0.1, 0.15) is 53.9 Å². The molecule has 0 unspecified atom stereocenters. The maximum atomic E-state index is 11.2. The lowest BCUT2D eigenvalue weighted by Gasteiger charge is -2.32. The molecule has 1 rings (SSSR count). The summed E-state index contributed by atoms with van der Waals surface area (Å²) in [5.74, 6) is 1.88. The summed E-state index contributed by atoms with van der Waals surface area (Å²) in [4.78, 5) is 13.5. The highest BCUT2D eigenvalue weighted by molar-refractivity contribution is 6.51. The minimum atomic E-state index is -0.291. The molecule has 1 heterocycles. The second-order valence-corrected chi connectivity index (χ2v) is 7.08. The van der Waals surface area contributed by atoms with Gasteiger partial charge in [-0.1, -0.05) is 12.1 Å². The Morgan fingerprint density at radius 2 is 1.78 bits per heavy atom. The van der Waals surface area contributed by atoms with Crippen molar-refractivity contribution >= 4 is 13.1 Å². The van der Waals surface area contributed by atoms with E-state index in [4.69, 9.17) is 14.0 Å². The monoisotopic (exact) mass is 325 g/mol. The van der Waals surface area contributed by atoms with Gasteiger partial charge in [0.1, 0.15) is 0 Å². The standard InChI is InChI=1S/C17H32BNO4/c1-7-21-15(20)11-8-9-13-19(6)14-10-12-18-22-16(2,3)17(4,5)23-18/h10,12H,7-9,11,13-14H2,1-6H3/b12-10+. The van der Waals surface area contributed by atoms with Gasteiger partial charge in [0.15, 0.2) is 0 Å². The Morgan fingerprint density at radius 3 is 2.35 bits per heavy atom. The van der Waals surface area contributed by atoms with Crippen molar-refractivity contribution in [1.29, 1.82) is 0 Å². The number of carbonyl (C=O) groups excluding carboxylic acids is 1. The first-order valence-corrected chi connectivity index (χ1v) is 8.54. The smallest absolute Gasteiger partial charge is 0.466 e. The summed E-state index contributed by atoms with van der Waals surface area (Å²) in [5.41, 5.74) is -0.581. The van der Waals surface area contributed by atoms with E-state index in [-0.39, 0.29) is 24.3 Å². The molecule has 0 atom stereocenters. The van der Waals surface area contributed by atoms with E-state index in [9.17, 15) is 4.79 Å². The highest BCUT2D eigenvalue weighted by Gasteiger charge is 2.49. The van der Waals surface area contributed by atoms with Crippen LogP contribution in [0.15, 0.2) is 12.1 Å². The van der Waals surface area contributed by atoms with Gasteiger partial charge in [0.25, 0.3) is 0 Å². The molecule has 1 aliphatic rings.